The number of rotatable bonds is 3. The van der Waals surface area contributed by atoms with E-state index in [9.17, 15) is 4.39 Å². The van der Waals surface area contributed by atoms with Crippen LogP contribution < -0.4 is 0 Å². The van der Waals surface area contributed by atoms with Gasteiger partial charge in [-0.3, -0.25) is 4.68 Å². The molecule has 0 aliphatic heterocycles. The van der Waals surface area contributed by atoms with Crippen LogP contribution in [0.3, 0.4) is 0 Å². The minimum atomic E-state index is -0.292. The van der Waals surface area contributed by atoms with Gasteiger partial charge in [0.05, 0.1) is 30.1 Å². The monoisotopic (exact) mass is 285 g/mol. The molecule has 0 atom stereocenters. The third-order valence-corrected chi connectivity index (χ3v) is 3.53. The van der Waals surface area contributed by atoms with Gasteiger partial charge in [0.25, 0.3) is 0 Å². The third kappa shape index (κ3) is 2.52. The summed E-state index contributed by atoms with van der Waals surface area (Å²) in [5, 5.41) is 14.3. The first-order valence-corrected chi connectivity index (χ1v) is 6.80. The van der Waals surface area contributed by atoms with E-state index >= 15 is 0 Å². The van der Waals surface area contributed by atoms with Crippen molar-refractivity contribution in [3.63, 3.8) is 0 Å². The summed E-state index contributed by atoms with van der Waals surface area (Å²) < 4.78 is 15.1. The van der Waals surface area contributed by atoms with Gasteiger partial charge in [-0.2, -0.15) is 5.10 Å². The summed E-state index contributed by atoms with van der Waals surface area (Å²) in [5.41, 5.74) is 4.19. The first-order valence-electron chi connectivity index (χ1n) is 6.80. The molecule has 0 spiro atoms. The largest absolute Gasteiger partial charge is 0.394 e. The lowest BCUT2D eigenvalue weighted by molar-refractivity contribution is 0.269. The van der Waals surface area contributed by atoms with Crippen LogP contribution in [0.4, 0.5) is 4.39 Å². The summed E-state index contributed by atoms with van der Waals surface area (Å²) >= 11 is 0. The molecule has 2 aromatic heterocycles. The molecule has 0 amide bonds. The average molecular weight is 285 g/mol. The molecule has 108 valence electrons. The second-order valence-corrected chi connectivity index (χ2v) is 5.10. The van der Waals surface area contributed by atoms with Crippen LogP contribution in [0, 0.1) is 19.7 Å². The standard InChI is InChI=1S/C16H16FN3O/c1-10-7-15(14-9-20(5-6-21)19-11(14)2)18-16-8-12(17)3-4-13(10)16/h3-4,7-9,21H,5-6H2,1-2H3. The van der Waals surface area contributed by atoms with Gasteiger partial charge in [-0.1, -0.05) is 0 Å². The predicted octanol–water partition coefficient (Wildman–Crippen LogP) is 2.85. The summed E-state index contributed by atoms with van der Waals surface area (Å²) in [7, 11) is 0. The smallest absolute Gasteiger partial charge is 0.125 e. The number of nitrogens with zero attached hydrogens (tertiary/aromatic N) is 3. The highest BCUT2D eigenvalue weighted by molar-refractivity contribution is 5.85. The Bertz CT molecular complexity index is 811. The topological polar surface area (TPSA) is 50.9 Å². The number of aliphatic hydroxyl groups excluding tert-OH is 1. The summed E-state index contributed by atoms with van der Waals surface area (Å²) in [6.45, 7) is 4.37. The number of halogens is 1. The SMILES string of the molecule is Cc1nn(CCO)cc1-c1cc(C)c2ccc(F)cc2n1. The number of benzene rings is 1. The molecule has 0 fully saturated rings. The quantitative estimate of drug-likeness (QED) is 0.805. The Morgan fingerprint density at radius 1 is 1.24 bits per heavy atom. The van der Waals surface area contributed by atoms with Crippen LogP contribution in [0.2, 0.25) is 0 Å². The molecule has 2 heterocycles. The molecule has 1 aromatic carbocycles. The van der Waals surface area contributed by atoms with Crippen molar-refractivity contribution in [2.45, 2.75) is 20.4 Å². The second kappa shape index (κ2) is 5.26. The van der Waals surface area contributed by atoms with Crippen molar-refractivity contribution in [1.82, 2.24) is 14.8 Å². The van der Waals surface area contributed by atoms with Gasteiger partial charge in [-0.05, 0) is 37.6 Å². The van der Waals surface area contributed by atoms with E-state index in [2.05, 4.69) is 10.1 Å². The minimum absolute atomic E-state index is 0.0376. The highest BCUT2D eigenvalue weighted by Crippen LogP contribution is 2.26. The van der Waals surface area contributed by atoms with Gasteiger partial charge < -0.3 is 5.11 Å². The number of fused-ring (bicyclic) bond motifs is 1. The Labute approximate surface area is 121 Å². The van der Waals surface area contributed by atoms with E-state index in [4.69, 9.17) is 5.11 Å². The third-order valence-electron chi connectivity index (χ3n) is 3.53. The molecule has 0 saturated heterocycles. The maximum Gasteiger partial charge on any atom is 0.125 e. The molecule has 0 saturated carbocycles. The lowest BCUT2D eigenvalue weighted by atomic mass is 10.1. The van der Waals surface area contributed by atoms with Crippen molar-refractivity contribution in [3.05, 3.63) is 47.5 Å². The van der Waals surface area contributed by atoms with E-state index in [1.54, 1.807) is 10.7 Å². The fraction of sp³-hybridized carbons (Fsp3) is 0.250. The molecule has 0 aliphatic carbocycles. The average Bonchev–Trinajstić information content (AvgIpc) is 2.79. The molecule has 21 heavy (non-hydrogen) atoms. The summed E-state index contributed by atoms with van der Waals surface area (Å²) in [4.78, 5) is 4.55. The van der Waals surface area contributed by atoms with Gasteiger partial charge >= 0.3 is 0 Å². The molecule has 3 aromatic rings. The number of aryl methyl sites for hydroxylation is 2. The van der Waals surface area contributed by atoms with E-state index in [0.29, 0.717) is 12.1 Å². The van der Waals surface area contributed by atoms with E-state index in [1.807, 2.05) is 26.1 Å². The first-order chi connectivity index (χ1) is 10.1. The highest BCUT2D eigenvalue weighted by Gasteiger charge is 2.11. The van der Waals surface area contributed by atoms with Crippen LogP contribution in [-0.2, 0) is 6.54 Å². The van der Waals surface area contributed by atoms with Crippen molar-refractivity contribution >= 4 is 10.9 Å². The summed E-state index contributed by atoms with van der Waals surface area (Å²) in [6, 6.07) is 6.62. The van der Waals surface area contributed by atoms with Crippen molar-refractivity contribution in [3.8, 4) is 11.3 Å². The Morgan fingerprint density at radius 3 is 2.81 bits per heavy atom. The molecule has 0 radical (unpaired) electrons. The second-order valence-electron chi connectivity index (χ2n) is 5.10. The lowest BCUT2D eigenvalue weighted by Gasteiger charge is -2.06. The Balaban J connectivity index is 2.16. The molecule has 0 aliphatic rings. The predicted molar refractivity (Wildman–Crippen MR) is 79.5 cm³/mol. The van der Waals surface area contributed by atoms with E-state index < -0.39 is 0 Å². The fourth-order valence-electron chi connectivity index (χ4n) is 2.50. The first kappa shape index (κ1) is 13.7. The van der Waals surface area contributed by atoms with Crippen LogP contribution in [0.1, 0.15) is 11.3 Å². The van der Waals surface area contributed by atoms with E-state index in [-0.39, 0.29) is 12.4 Å². The van der Waals surface area contributed by atoms with Gasteiger partial charge in [0.15, 0.2) is 0 Å². The highest BCUT2D eigenvalue weighted by atomic mass is 19.1. The Morgan fingerprint density at radius 2 is 2.05 bits per heavy atom. The van der Waals surface area contributed by atoms with Crippen LogP contribution >= 0.6 is 0 Å². The molecular weight excluding hydrogens is 269 g/mol. The van der Waals surface area contributed by atoms with Gasteiger partial charge in [0, 0.05) is 23.2 Å². The molecule has 0 bridgehead atoms. The van der Waals surface area contributed by atoms with Crippen molar-refractivity contribution in [2.75, 3.05) is 6.61 Å². The Hall–Kier alpha value is -2.27. The molecular formula is C16H16FN3O. The van der Waals surface area contributed by atoms with Gasteiger partial charge in [-0.15, -0.1) is 0 Å². The van der Waals surface area contributed by atoms with Crippen molar-refractivity contribution in [2.24, 2.45) is 0 Å². The van der Waals surface area contributed by atoms with E-state index in [1.165, 1.54) is 12.1 Å². The van der Waals surface area contributed by atoms with Crippen LogP contribution in [0.15, 0.2) is 30.5 Å². The van der Waals surface area contributed by atoms with Crippen molar-refractivity contribution < 1.29 is 9.50 Å². The Kier molecular flexibility index (Phi) is 3.43. The molecule has 5 heteroatoms. The molecule has 1 N–H and O–H groups in total. The van der Waals surface area contributed by atoms with Gasteiger partial charge in [0.2, 0.25) is 0 Å². The normalized spacial score (nSPS) is 11.2. The number of aliphatic hydroxyl groups is 1. The summed E-state index contributed by atoms with van der Waals surface area (Å²) in [5.74, 6) is -0.292. The van der Waals surface area contributed by atoms with Crippen LogP contribution in [0.25, 0.3) is 22.2 Å². The zero-order valence-corrected chi connectivity index (χ0v) is 12.0. The zero-order chi connectivity index (χ0) is 15.0. The summed E-state index contributed by atoms with van der Waals surface area (Å²) in [6.07, 6.45) is 1.86. The number of aromatic nitrogens is 3. The lowest BCUT2D eigenvalue weighted by Crippen LogP contribution is -2.02. The maximum atomic E-state index is 13.4. The van der Waals surface area contributed by atoms with Crippen LogP contribution in [-0.4, -0.2) is 26.5 Å². The minimum Gasteiger partial charge on any atom is -0.394 e. The zero-order valence-electron chi connectivity index (χ0n) is 12.0. The van der Waals surface area contributed by atoms with Gasteiger partial charge in [0.1, 0.15) is 5.82 Å². The van der Waals surface area contributed by atoms with Gasteiger partial charge in [-0.25, -0.2) is 9.37 Å². The number of hydrogen-bond acceptors (Lipinski definition) is 3. The van der Waals surface area contributed by atoms with Crippen LogP contribution in [0.5, 0.6) is 0 Å². The fourth-order valence-corrected chi connectivity index (χ4v) is 2.50. The number of pyridine rings is 1. The molecule has 4 nitrogen and oxygen atoms in total. The van der Waals surface area contributed by atoms with E-state index in [0.717, 1.165) is 27.9 Å². The molecule has 3 rings (SSSR count). The van der Waals surface area contributed by atoms with Crippen molar-refractivity contribution in [1.29, 1.82) is 0 Å². The number of hydrogen-bond donors (Lipinski definition) is 1. The molecule has 0 unspecified atom stereocenters. The maximum absolute atomic E-state index is 13.4.